The van der Waals surface area contributed by atoms with Crippen molar-refractivity contribution < 1.29 is 8.42 Å². The summed E-state index contributed by atoms with van der Waals surface area (Å²) in [4.78, 5) is 0.239. The summed E-state index contributed by atoms with van der Waals surface area (Å²) in [6.07, 6.45) is 0. The van der Waals surface area contributed by atoms with Gasteiger partial charge in [-0.25, -0.2) is 8.42 Å². The number of sulfonamides is 1. The lowest BCUT2D eigenvalue weighted by atomic mass is 10.2. The van der Waals surface area contributed by atoms with Crippen LogP contribution in [0.15, 0.2) is 77.7 Å². The van der Waals surface area contributed by atoms with Crippen molar-refractivity contribution in [2.75, 3.05) is 10.0 Å². The van der Waals surface area contributed by atoms with E-state index in [0.717, 1.165) is 11.3 Å². The largest absolute Gasteiger partial charge is 0.354 e. The van der Waals surface area contributed by atoms with Crippen LogP contribution in [0.2, 0.25) is 0 Å². The Bertz CT molecular complexity index is 963. The van der Waals surface area contributed by atoms with Crippen molar-refractivity contribution in [2.45, 2.75) is 18.7 Å². The quantitative estimate of drug-likeness (QED) is 0.690. The Kier molecular flexibility index (Phi) is 4.76. The number of para-hydroxylation sites is 2. The molecule has 3 aromatic rings. The minimum atomic E-state index is -3.64. The van der Waals surface area contributed by atoms with Gasteiger partial charge in [0.1, 0.15) is 0 Å². The van der Waals surface area contributed by atoms with Gasteiger partial charge in [-0.2, -0.15) is 0 Å². The van der Waals surface area contributed by atoms with E-state index in [1.807, 2.05) is 50.2 Å². The van der Waals surface area contributed by atoms with Gasteiger partial charge in [-0.15, -0.1) is 0 Å². The SMILES string of the molecule is Cc1ccc(Nc2ccccc2NS(=O)(=O)c2ccc(C)cc2)cc1. The molecule has 0 amide bonds. The molecule has 0 bridgehead atoms. The van der Waals surface area contributed by atoms with E-state index < -0.39 is 10.0 Å². The van der Waals surface area contributed by atoms with Crippen LogP contribution in [-0.2, 0) is 10.0 Å². The Morgan fingerprint density at radius 2 is 1.20 bits per heavy atom. The Balaban J connectivity index is 1.87. The van der Waals surface area contributed by atoms with Gasteiger partial charge in [0, 0.05) is 5.69 Å². The minimum absolute atomic E-state index is 0.239. The molecule has 0 heterocycles. The van der Waals surface area contributed by atoms with Gasteiger partial charge >= 0.3 is 0 Å². The molecule has 3 rings (SSSR count). The number of nitrogens with one attached hydrogen (secondary N) is 2. The molecule has 3 aromatic carbocycles. The number of anilines is 3. The highest BCUT2D eigenvalue weighted by molar-refractivity contribution is 7.92. The van der Waals surface area contributed by atoms with E-state index in [-0.39, 0.29) is 4.90 Å². The molecule has 0 aliphatic heterocycles. The van der Waals surface area contributed by atoms with Crippen molar-refractivity contribution in [3.05, 3.63) is 83.9 Å². The predicted octanol–water partition coefficient (Wildman–Crippen LogP) is 4.85. The fourth-order valence-corrected chi connectivity index (χ4v) is 3.47. The van der Waals surface area contributed by atoms with Gasteiger partial charge in [-0.3, -0.25) is 4.72 Å². The Hall–Kier alpha value is -2.79. The van der Waals surface area contributed by atoms with E-state index in [9.17, 15) is 8.42 Å². The number of rotatable bonds is 5. The molecule has 0 spiro atoms. The van der Waals surface area contributed by atoms with Crippen molar-refractivity contribution in [1.82, 2.24) is 0 Å². The molecule has 0 aliphatic rings. The van der Waals surface area contributed by atoms with Gasteiger partial charge in [-0.05, 0) is 50.2 Å². The maximum absolute atomic E-state index is 12.6. The van der Waals surface area contributed by atoms with E-state index >= 15 is 0 Å². The van der Waals surface area contributed by atoms with Crippen LogP contribution >= 0.6 is 0 Å². The molecule has 0 saturated heterocycles. The highest BCUT2D eigenvalue weighted by Gasteiger charge is 2.15. The Labute approximate surface area is 148 Å². The molecule has 0 fully saturated rings. The van der Waals surface area contributed by atoms with Crippen LogP contribution in [0.1, 0.15) is 11.1 Å². The highest BCUT2D eigenvalue weighted by Crippen LogP contribution is 2.27. The van der Waals surface area contributed by atoms with Crippen molar-refractivity contribution in [2.24, 2.45) is 0 Å². The molecule has 0 saturated carbocycles. The third-order valence-corrected chi connectivity index (χ3v) is 5.21. The monoisotopic (exact) mass is 352 g/mol. The number of aryl methyl sites for hydroxylation is 2. The second-order valence-corrected chi connectivity index (χ2v) is 7.64. The topological polar surface area (TPSA) is 58.2 Å². The molecule has 2 N–H and O–H groups in total. The number of hydrogen-bond acceptors (Lipinski definition) is 3. The zero-order valence-electron chi connectivity index (χ0n) is 14.2. The second kappa shape index (κ2) is 6.99. The maximum Gasteiger partial charge on any atom is 0.261 e. The normalized spacial score (nSPS) is 11.1. The van der Waals surface area contributed by atoms with Crippen molar-refractivity contribution in [3.8, 4) is 0 Å². The van der Waals surface area contributed by atoms with Crippen molar-refractivity contribution in [3.63, 3.8) is 0 Å². The summed E-state index contributed by atoms with van der Waals surface area (Å²) in [5.74, 6) is 0. The zero-order chi connectivity index (χ0) is 17.9. The summed E-state index contributed by atoms with van der Waals surface area (Å²) in [5.41, 5.74) is 4.28. The third kappa shape index (κ3) is 4.19. The third-order valence-electron chi connectivity index (χ3n) is 3.83. The lowest BCUT2D eigenvalue weighted by molar-refractivity contribution is 0.601. The van der Waals surface area contributed by atoms with E-state index in [2.05, 4.69) is 10.0 Å². The van der Waals surface area contributed by atoms with Crippen LogP contribution in [0.3, 0.4) is 0 Å². The van der Waals surface area contributed by atoms with Crippen molar-refractivity contribution >= 4 is 27.1 Å². The van der Waals surface area contributed by atoms with Gasteiger partial charge in [0.2, 0.25) is 0 Å². The average Bonchev–Trinajstić information content (AvgIpc) is 2.59. The minimum Gasteiger partial charge on any atom is -0.354 e. The van der Waals surface area contributed by atoms with Crippen molar-refractivity contribution in [1.29, 1.82) is 0 Å². The van der Waals surface area contributed by atoms with E-state index in [1.165, 1.54) is 5.56 Å². The summed E-state index contributed by atoms with van der Waals surface area (Å²) >= 11 is 0. The molecule has 0 unspecified atom stereocenters. The first-order valence-corrected chi connectivity index (χ1v) is 9.44. The summed E-state index contributed by atoms with van der Waals surface area (Å²) in [7, 11) is -3.64. The molecule has 0 atom stereocenters. The molecule has 0 aromatic heterocycles. The van der Waals surface area contributed by atoms with E-state index in [1.54, 1.807) is 36.4 Å². The van der Waals surface area contributed by atoms with Crippen LogP contribution in [0.25, 0.3) is 0 Å². The molecule has 0 aliphatic carbocycles. The van der Waals surface area contributed by atoms with Gasteiger partial charge in [0.25, 0.3) is 10.0 Å². The Morgan fingerprint density at radius 3 is 1.80 bits per heavy atom. The van der Waals surface area contributed by atoms with E-state index in [0.29, 0.717) is 11.4 Å². The molecule has 25 heavy (non-hydrogen) atoms. The fraction of sp³-hybridized carbons (Fsp3) is 0.100. The molecular weight excluding hydrogens is 332 g/mol. The average molecular weight is 352 g/mol. The molecular formula is C20H20N2O2S. The first kappa shape index (κ1) is 17.0. The Morgan fingerprint density at radius 1 is 0.680 bits per heavy atom. The van der Waals surface area contributed by atoms with Crippen LogP contribution < -0.4 is 10.0 Å². The standard InChI is InChI=1S/C20H20N2O2S/c1-15-7-11-17(12-8-15)21-19-5-3-4-6-20(19)22-25(23,24)18-13-9-16(2)10-14-18/h3-14,21-22H,1-2H3. The lowest BCUT2D eigenvalue weighted by Crippen LogP contribution is -2.14. The van der Waals surface area contributed by atoms with Crippen LogP contribution in [0.4, 0.5) is 17.1 Å². The highest BCUT2D eigenvalue weighted by atomic mass is 32.2. The molecule has 4 nitrogen and oxygen atoms in total. The van der Waals surface area contributed by atoms with Gasteiger partial charge < -0.3 is 5.32 Å². The molecule has 5 heteroatoms. The predicted molar refractivity (Wildman–Crippen MR) is 103 cm³/mol. The fourth-order valence-electron chi connectivity index (χ4n) is 2.39. The second-order valence-electron chi connectivity index (χ2n) is 5.96. The molecule has 0 radical (unpaired) electrons. The lowest BCUT2D eigenvalue weighted by Gasteiger charge is -2.14. The van der Waals surface area contributed by atoms with Crippen LogP contribution in [-0.4, -0.2) is 8.42 Å². The number of hydrogen-bond donors (Lipinski definition) is 2. The first-order chi connectivity index (χ1) is 11.9. The first-order valence-electron chi connectivity index (χ1n) is 7.96. The number of benzene rings is 3. The summed E-state index contributed by atoms with van der Waals surface area (Å²) in [5, 5.41) is 3.26. The van der Waals surface area contributed by atoms with E-state index in [4.69, 9.17) is 0 Å². The summed E-state index contributed by atoms with van der Waals surface area (Å²) in [6.45, 7) is 3.94. The summed E-state index contributed by atoms with van der Waals surface area (Å²) in [6, 6.07) is 21.9. The van der Waals surface area contributed by atoms with Gasteiger partial charge in [-0.1, -0.05) is 47.5 Å². The van der Waals surface area contributed by atoms with Gasteiger partial charge in [0.05, 0.1) is 16.3 Å². The van der Waals surface area contributed by atoms with Crippen LogP contribution in [0, 0.1) is 13.8 Å². The van der Waals surface area contributed by atoms with Crippen LogP contribution in [0.5, 0.6) is 0 Å². The smallest absolute Gasteiger partial charge is 0.261 e. The maximum atomic E-state index is 12.6. The zero-order valence-corrected chi connectivity index (χ0v) is 15.0. The molecule has 128 valence electrons. The van der Waals surface area contributed by atoms with Gasteiger partial charge in [0.15, 0.2) is 0 Å². The summed E-state index contributed by atoms with van der Waals surface area (Å²) < 4.78 is 27.9.